The highest BCUT2D eigenvalue weighted by atomic mass is 28.3. The molecular formula is C16H32OSi2. The summed E-state index contributed by atoms with van der Waals surface area (Å²) in [6.07, 6.45) is 2.54. The Morgan fingerprint density at radius 2 is 1.58 bits per heavy atom. The summed E-state index contributed by atoms with van der Waals surface area (Å²) in [4.78, 5) is 0. The largest absolute Gasteiger partial charge is 0.549 e. The quantitative estimate of drug-likeness (QED) is 0.634. The molecule has 0 saturated heterocycles. The molecule has 0 aromatic heterocycles. The van der Waals surface area contributed by atoms with Crippen molar-refractivity contribution in [2.24, 2.45) is 11.8 Å². The van der Waals surface area contributed by atoms with E-state index in [4.69, 9.17) is 4.43 Å². The zero-order valence-electron chi connectivity index (χ0n) is 14.3. The fourth-order valence-electron chi connectivity index (χ4n) is 2.81. The van der Waals surface area contributed by atoms with Crippen LogP contribution in [-0.4, -0.2) is 17.1 Å². The third-order valence-corrected chi connectivity index (χ3v) is 6.72. The lowest BCUT2D eigenvalue weighted by atomic mass is 9.90. The van der Waals surface area contributed by atoms with Crippen LogP contribution in [-0.2, 0) is 4.43 Å². The van der Waals surface area contributed by atoms with Crippen molar-refractivity contribution < 1.29 is 4.43 Å². The van der Waals surface area contributed by atoms with Gasteiger partial charge < -0.3 is 4.43 Å². The number of hydrogen-bond acceptors (Lipinski definition) is 1. The maximum Gasteiger partial charge on any atom is 0.229 e. The van der Waals surface area contributed by atoms with Crippen molar-refractivity contribution in [3.05, 3.63) is 23.0 Å². The predicted octanol–water partition coefficient (Wildman–Crippen LogP) is 5.20. The molecule has 0 fully saturated rings. The van der Waals surface area contributed by atoms with Gasteiger partial charge in [-0.15, -0.1) is 0 Å². The van der Waals surface area contributed by atoms with E-state index in [9.17, 15) is 0 Å². The minimum Gasteiger partial charge on any atom is -0.549 e. The van der Waals surface area contributed by atoms with Crippen LogP contribution in [0.15, 0.2) is 23.0 Å². The second-order valence-corrected chi connectivity index (χ2v) is 15.4. The second-order valence-electron chi connectivity index (χ2n) is 7.72. The van der Waals surface area contributed by atoms with Gasteiger partial charge in [-0.1, -0.05) is 53.4 Å². The van der Waals surface area contributed by atoms with Crippen LogP contribution in [0.4, 0.5) is 0 Å². The van der Waals surface area contributed by atoms with Gasteiger partial charge in [-0.3, -0.25) is 0 Å². The van der Waals surface area contributed by atoms with Crippen LogP contribution in [0.3, 0.4) is 0 Å². The molecule has 0 radical (unpaired) electrons. The first-order chi connectivity index (χ1) is 8.55. The van der Waals surface area contributed by atoms with Crippen LogP contribution in [0.5, 0.6) is 0 Å². The zero-order valence-corrected chi connectivity index (χ0v) is 16.4. The molecule has 0 N–H and O–H groups in total. The molecule has 0 aliphatic heterocycles. The molecule has 0 aromatic rings. The maximum absolute atomic E-state index is 6.41. The van der Waals surface area contributed by atoms with Crippen LogP contribution in [0.25, 0.3) is 0 Å². The standard InChI is InChI=1S/C16H32OSi2/c1-11(2)13-10-14(19(7,8)9)16(17-18(5)6)15(13)12(3)4/h10-12,14,18H,1-9H3. The molecule has 3 heteroatoms. The second kappa shape index (κ2) is 6.00. The molecule has 1 rings (SSSR count). The summed E-state index contributed by atoms with van der Waals surface area (Å²) in [5, 5.41) is 0. The van der Waals surface area contributed by atoms with Crippen molar-refractivity contribution in [1.29, 1.82) is 0 Å². The topological polar surface area (TPSA) is 9.23 Å². The first-order valence-electron chi connectivity index (χ1n) is 7.68. The van der Waals surface area contributed by atoms with Gasteiger partial charge in [-0.25, -0.2) is 0 Å². The lowest BCUT2D eigenvalue weighted by Crippen LogP contribution is -2.29. The summed E-state index contributed by atoms with van der Waals surface area (Å²) in [7, 11) is -2.31. The van der Waals surface area contributed by atoms with Crippen molar-refractivity contribution >= 4 is 17.1 Å². The molecule has 0 amide bonds. The van der Waals surface area contributed by atoms with Crippen molar-refractivity contribution in [1.82, 2.24) is 0 Å². The molecule has 0 aromatic carbocycles. The highest BCUT2D eigenvalue weighted by Gasteiger charge is 2.38. The molecule has 1 atom stereocenters. The first kappa shape index (κ1) is 16.8. The number of allylic oxidation sites excluding steroid dienone is 3. The lowest BCUT2D eigenvalue weighted by Gasteiger charge is -2.29. The van der Waals surface area contributed by atoms with Crippen LogP contribution in [0, 0.1) is 11.8 Å². The van der Waals surface area contributed by atoms with Crippen LogP contribution >= 0.6 is 0 Å². The van der Waals surface area contributed by atoms with E-state index in [1.807, 2.05) is 0 Å². The Hall–Kier alpha value is -0.286. The lowest BCUT2D eigenvalue weighted by molar-refractivity contribution is 0.418. The van der Waals surface area contributed by atoms with Gasteiger partial charge in [0.1, 0.15) is 0 Å². The summed E-state index contributed by atoms with van der Waals surface area (Å²) in [5.41, 5.74) is 3.65. The Morgan fingerprint density at radius 1 is 1.05 bits per heavy atom. The Labute approximate surface area is 122 Å². The fraction of sp³-hybridized carbons (Fsp3) is 0.750. The fourth-order valence-corrected chi connectivity index (χ4v) is 5.42. The highest BCUT2D eigenvalue weighted by Crippen LogP contribution is 2.47. The molecule has 1 nitrogen and oxygen atoms in total. The van der Waals surface area contributed by atoms with E-state index in [2.05, 4.69) is 66.5 Å². The monoisotopic (exact) mass is 296 g/mol. The van der Waals surface area contributed by atoms with Crippen molar-refractivity contribution in [2.75, 3.05) is 0 Å². The van der Waals surface area contributed by atoms with Gasteiger partial charge >= 0.3 is 0 Å². The first-order valence-corrected chi connectivity index (χ1v) is 14.0. The summed E-state index contributed by atoms with van der Waals surface area (Å²) in [6.45, 7) is 21.2. The van der Waals surface area contributed by atoms with Gasteiger partial charge in [0.15, 0.2) is 0 Å². The van der Waals surface area contributed by atoms with Crippen molar-refractivity contribution in [3.63, 3.8) is 0 Å². The molecule has 110 valence electrons. The highest BCUT2D eigenvalue weighted by molar-refractivity contribution is 6.78. The third kappa shape index (κ3) is 3.85. The predicted molar refractivity (Wildman–Crippen MR) is 91.8 cm³/mol. The van der Waals surface area contributed by atoms with Crippen LogP contribution in [0.2, 0.25) is 38.3 Å². The summed E-state index contributed by atoms with van der Waals surface area (Å²) >= 11 is 0. The Morgan fingerprint density at radius 3 is 1.89 bits per heavy atom. The van der Waals surface area contributed by atoms with E-state index in [1.54, 1.807) is 5.57 Å². The van der Waals surface area contributed by atoms with E-state index < -0.39 is 17.1 Å². The zero-order chi connectivity index (χ0) is 15.0. The third-order valence-electron chi connectivity index (χ3n) is 3.70. The van der Waals surface area contributed by atoms with Gasteiger partial charge in [0, 0.05) is 5.54 Å². The average Bonchev–Trinajstić information content (AvgIpc) is 2.55. The van der Waals surface area contributed by atoms with Gasteiger partial charge in [-0.2, -0.15) is 0 Å². The Bertz CT molecular complexity index is 384. The number of rotatable bonds is 5. The van der Waals surface area contributed by atoms with E-state index >= 15 is 0 Å². The summed E-state index contributed by atoms with van der Waals surface area (Å²) < 4.78 is 6.41. The van der Waals surface area contributed by atoms with E-state index in [1.165, 1.54) is 11.3 Å². The van der Waals surface area contributed by atoms with Gasteiger partial charge in [-0.05, 0) is 36.1 Å². The molecule has 0 saturated carbocycles. The Balaban J connectivity index is 3.33. The molecule has 1 aliphatic carbocycles. The minimum absolute atomic E-state index is 0.567. The summed E-state index contributed by atoms with van der Waals surface area (Å²) in [5.74, 6) is 2.52. The average molecular weight is 297 g/mol. The summed E-state index contributed by atoms with van der Waals surface area (Å²) in [6, 6.07) is 0. The normalized spacial score (nSPS) is 20.8. The van der Waals surface area contributed by atoms with Gasteiger partial charge in [0.05, 0.1) is 13.8 Å². The Kier molecular flexibility index (Phi) is 5.30. The van der Waals surface area contributed by atoms with E-state index in [0.29, 0.717) is 17.4 Å². The molecule has 0 bridgehead atoms. The maximum atomic E-state index is 6.41. The molecular weight excluding hydrogens is 264 g/mol. The van der Waals surface area contributed by atoms with Crippen LogP contribution < -0.4 is 0 Å². The van der Waals surface area contributed by atoms with Crippen LogP contribution in [0.1, 0.15) is 27.7 Å². The molecule has 1 unspecified atom stereocenters. The number of hydrogen-bond donors (Lipinski definition) is 0. The van der Waals surface area contributed by atoms with E-state index in [-0.39, 0.29) is 0 Å². The minimum atomic E-state index is -1.27. The van der Waals surface area contributed by atoms with Crippen molar-refractivity contribution in [3.8, 4) is 0 Å². The van der Waals surface area contributed by atoms with Gasteiger partial charge in [0.25, 0.3) is 0 Å². The van der Waals surface area contributed by atoms with Gasteiger partial charge in [0.2, 0.25) is 9.04 Å². The van der Waals surface area contributed by atoms with Crippen molar-refractivity contribution in [2.45, 2.75) is 66.0 Å². The molecule has 1 aliphatic rings. The SMILES string of the molecule is CC(C)C1=CC([Si](C)(C)C)C(O[SiH](C)C)=C1C(C)C. The smallest absolute Gasteiger partial charge is 0.229 e. The molecule has 0 heterocycles. The molecule has 0 spiro atoms. The van der Waals surface area contributed by atoms with E-state index in [0.717, 1.165) is 0 Å². The molecule has 19 heavy (non-hydrogen) atoms.